The van der Waals surface area contributed by atoms with Gasteiger partial charge in [-0.15, -0.1) is 0 Å². The Bertz CT molecular complexity index is 1140. The van der Waals surface area contributed by atoms with E-state index >= 15 is 0 Å². The molecule has 0 N–H and O–H groups in total. The second-order valence-electron chi connectivity index (χ2n) is 6.82. The maximum Gasteiger partial charge on any atom is 0.433 e. The standard InChI is InChI=1S/C21H20F3N5O3/c1-5-32-16-8-6-15(7-9-16)17-11-18(21(22,23)24)29(27-17)19-10-12(2)25-20(26-19)28(13(3)30)14(4)31/h6-11H,5H2,1-4H3. The number of amides is 2. The average Bonchev–Trinajstić information content (AvgIpc) is 3.14. The van der Waals surface area contributed by atoms with E-state index in [9.17, 15) is 22.8 Å². The average molecular weight is 447 g/mol. The highest BCUT2D eigenvalue weighted by Gasteiger charge is 2.37. The molecule has 168 valence electrons. The molecule has 0 radical (unpaired) electrons. The van der Waals surface area contributed by atoms with Gasteiger partial charge in [0, 0.05) is 31.2 Å². The summed E-state index contributed by atoms with van der Waals surface area (Å²) in [7, 11) is 0. The van der Waals surface area contributed by atoms with Crippen molar-refractivity contribution in [1.82, 2.24) is 19.7 Å². The molecule has 2 heterocycles. The van der Waals surface area contributed by atoms with E-state index in [1.165, 1.54) is 13.0 Å². The Morgan fingerprint density at radius 3 is 2.22 bits per heavy atom. The zero-order chi connectivity index (χ0) is 23.6. The molecule has 0 unspecified atom stereocenters. The number of aromatic nitrogens is 4. The lowest BCUT2D eigenvalue weighted by molar-refractivity contribution is -0.143. The van der Waals surface area contributed by atoms with E-state index < -0.39 is 23.7 Å². The number of carbonyl (C=O) groups is 2. The monoisotopic (exact) mass is 447 g/mol. The first-order chi connectivity index (χ1) is 15.0. The summed E-state index contributed by atoms with van der Waals surface area (Å²) in [5, 5.41) is 4.10. The summed E-state index contributed by atoms with van der Waals surface area (Å²) in [5.41, 5.74) is -0.308. The van der Waals surface area contributed by atoms with Crippen LogP contribution >= 0.6 is 0 Å². The fraction of sp³-hybridized carbons (Fsp3) is 0.286. The number of alkyl halides is 3. The lowest BCUT2D eigenvalue weighted by Crippen LogP contribution is -2.35. The van der Waals surface area contributed by atoms with Gasteiger partial charge in [0.15, 0.2) is 11.5 Å². The summed E-state index contributed by atoms with van der Waals surface area (Å²) >= 11 is 0. The maximum absolute atomic E-state index is 13.8. The topological polar surface area (TPSA) is 90.2 Å². The van der Waals surface area contributed by atoms with Crippen LogP contribution in [0.25, 0.3) is 17.1 Å². The summed E-state index contributed by atoms with van der Waals surface area (Å²) in [5.74, 6) is -1.31. The fourth-order valence-electron chi connectivity index (χ4n) is 3.04. The molecule has 0 saturated carbocycles. The Balaban J connectivity index is 2.15. The van der Waals surface area contributed by atoms with Gasteiger partial charge in [-0.25, -0.2) is 14.6 Å². The van der Waals surface area contributed by atoms with Gasteiger partial charge < -0.3 is 4.74 Å². The van der Waals surface area contributed by atoms with Gasteiger partial charge in [-0.2, -0.15) is 23.3 Å². The van der Waals surface area contributed by atoms with Gasteiger partial charge in [0.2, 0.25) is 17.8 Å². The van der Waals surface area contributed by atoms with Gasteiger partial charge in [-0.05, 0) is 44.2 Å². The molecule has 0 aliphatic carbocycles. The predicted octanol–water partition coefficient (Wildman–Crippen LogP) is 3.95. The number of hydrogen-bond acceptors (Lipinski definition) is 6. The summed E-state index contributed by atoms with van der Waals surface area (Å²) < 4.78 is 47.4. The van der Waals surface area contributed by atoms with Crippen molar-refractivity contribution in [1.29, 1.82) is 0 Å². The molecule has 2 aromatic heterocycles. The molecule has 1 aromatic carbocycles. The van der Waals surface area contributed by atoms with Crippen LogP contribution in [0.2, 0.25) is 0 Å². The van der Waals surface area contributed by atoms with Crippen LogP contribution in [-0.2, 0) is 15.8 Å². The van der Waals surface area contributed by atoms with Gasteiger partial charge in [-0.1, -0.05) is 0 Å². The molecule has 2 amide bonds. The third-order valence-corrected chi connectivity index (χ3v) is 4.34. The van der Waals surface area contributed by atoms with E-state index in [-0.39, 0.29) is 23.2 Å². The van der Waals surface area contributed by atoms with Crippen molar-refractivity contribution in [3.05, 3.63) is 47.8 Å². The zero-order valence-electron chi connectivity index (χ0n) is 17.8. The van der Waals surface area contributed by atoms with E-state index in [0.29, 0.717) is 27.5 Å². The normalized spacial score (nSPS) is 11.3. The van der Waals surface area contributed by atoms with Crippen LogP contribution in [0.3, 0.4) is 0 Å². The molecular weight excluding hydrogens is 427 g/mol. The number of benzene rings is 1. The lowest BCUT2D eigenvalue weighted by atomic mass is 10.1. The number of hydrogen-bond donors (Lipinski definition) is 0. The minimum absolute atomic E-state index is 0.0631. The summed E-state index contributed by atoms with van der Waals surface area (Å²) in [6.45, 7) is 6.05. The van der Waals surface area contributed by atoms with Crippen LogP contribution in [0.5, 0.6) is 5.75 Å². The van der Waals surface area contributed by atoms with Gasteiger partial charge in [0.05, 0.1) is 12.3 Å². The molecule has 0 aliphatic rings. The summed E-state index contributed by atoms with van der Waals surface area (Å²) in [6, 6.07) is 8.65. The van der Waals surface area contributed by atoms with Crippen molar-refractivity contribution in [2.24, 2.45) is 0 Å². The third-order valence-electron chi connectivity index (χ3n) is 4.34. The van der Waals surface area contributed by atoms with E-state index in [4.69, 9.17) is 4.74 Å². The van der Waals surface area contributed by atoms with E-state index in [1.807, 2.05) is 6.92 Å². The van der Waals surface area contributed by atoms with Gasteiger partial charge in [0.25, 0.3) is 0 Å². The molecule has 8 nitrogen and oxygen atoms in total. The van der Waals surface area contributed by atoms with Crippen molar-refractivity contribution in [2.45, 2.75) is 33.9 Å². The highest BCUT2D eigenvalue weighted by Crippen LogP contribution is 2.34. The molecule has 11 heteroatoms. The van der Waals surface area contributed by atoms with Crippen molar-refractivity contribution < 1.29 is 27.5 Å². The van der Waals surface area contributed by atoms with Crippen molar-refractivity contribution >= 4 is 17.8 Å². The molecule has 3 rings (SSSR count). The Morgan fingerprint density at radius 1 is 1.06 bits per heavy atom. The van der Waals surface area contributed by atoms with Crippen LogP contribution in [0.1, 0.15) is 32.2 Å². The number of carbonyl (C=O) groups excluding carboxylic acids is 2. The Hall–Kier alpha value is -3.76. The van der Waals surface area contributed by atoms with Crippen molar-refractivity contribution in [3.63, 3.8) is 0 Å². The Kier molecular flexibility index (Phi) is 6.28. The van der Waals surface area contributed by atoms with Crippen LogP contribution < -0.4 is 9.64 Å². The first-order valence-corrected chi connectivity index (χ1v) is 9.59. The molecular formula is C21H20F3N5O3. The largest absolute Gasteiger partial charge is 0.494 e. The van der Waals surface area contributed by atoms with Crippen LogP contribution in [0.15, 0.2) is 36.4 Å². The molecule has 3 aromatic rings. The number of anilines is 1. The molecule has 0 fully saturated rings. The highest BCUT2D eigenvalue weighted by atomic mass is 19.4. The number of nitrogens with zero attached hydrogens (tertiary/aromatic N) is 5. The van der Waals surface area contributed by atoms with E-state index in [0.717, 1.165) is 19.9 Å². The molecule has 0 bridgehead atoms. The van der Waals surface area contributed by atoms with E-state index in [1.54, 1.807) is 24.3 Å². The Morgan fingerprint density at radius 2 is 1.69 bits per heavy atom. The second kappa shape index (κ2) is 8.77. The highest BCUT2D eigenvalue weighted by molar-refractivity contribution is 6.11. The molecule has 0 aliphatic heterocycles. The molecule has 0 saturated heterocycles. The molecule has 32 heavy (non-hydrogen) atoms. The number of halogens is 3. The minimum Gasteiger partial charge on any atom is -0.494 e. The third kappa shape index (κ3) is 4.76. The number of ether oxygens (including phenoxy) is 1. The second-order valence-corrected chi connectivity index (χ2v) is 6.82. The molecule has 0 atom stereocenters. The number of rotatable bonds is 5. The first-order valence-electron chi connectivity index (χ1n) is 9.59. The van der Waals surface area contributed by atoms with E-state index in [2.05, 4.69) is 15.1 Å². The van der Waals surface area contributed by atoms with Crippen molar-refractivity contribution in [2.75, 3.05) is 11.5 Å². The molecule has 0 spiro atoms. The van der Waals surface area contributed by atoms with Crippen LogP contribution in [0.4, 0.5) is 19.1 Å². The maximum atomic E-state index is 13.8. The predicted molar refractivity (Wildman–Crippen MR) is 109 cm³/mol. The van der Waals surface area contributed by atoms with Crippen LogP contribution in [-0.4, -0.2) is 38.2 Å². The van der Waals surface area contributed by atoms with Gasteiger partial charge in [-0.3, -0.25) is 9.59 Å². The van der Waals surface area contributed by atoms with Gasteiger partial charge in [0.1, 0.15) is 5.75 Å². The number of imide groups is 1. The quantitative estimate of drug-likeness (QED) is 0.588. The summed E-state index contributed by atoms with van der Waals surface area (Å²) in [4.78, 5) is 32.4. The fourth-order valence-corrected chi connectivity index (χ4v) is 3.04. The smallest absolute Gasteiger partial charge is 0.433 e. The zero-order valence-corrected chi connectivity index (χ0v) is 17.8. The van der Waals surface area contributed by atoms with Crippen molar-refractivity contribution in [3.8, 4) is 22.8 Å². The SMILES string of the molecule is CCOc1ccc(-c2cc(C(F)(F)F)n(-c3cc(C)nc(N(C(C)=O)C(C)=O)n3)n2)cc1. The lowest BCUT2D eigenvalue weighted by Gasteiger charge is -2.17. The summed E-state index contributed by atoms with van der Waals surface area (Å²) in [6.07, 6.45) is -4.74. The van der Waals surface area contributed by atoms with Crippen LogP contribution in [0, 0.1) is 6.92 Å². The Labute approximate surface area is 181 Å². The first kappa shape index (κ1) is 22.9. The minimum atomic E-state index is -4.74. The van der Waals surface area contributed by atoms with Gasteiger partial charge >= 0.3 is 6.18 Å². The number of aryl methyl sites for hydroxylation is 1.